The van der Waals surface area contributed by atoms with Gasteiger partial charge in [0.2, 0.25) is 0 Å². The van der Waals surface area contributed by atoms with Gasteiger partial charge in [-0.15, -0.1) is 0 Å². The predicted molar refractivity (Wildman–Crippen MR) is 74.1 cm³/mol. The zero-order valence-electron chi connectivity index (χ0n) is 12.4. The van der Waals surface area contributed by atoms with Gasteiger partial charge in [-0.25, -0.2) is 4.39 Å². The number of hydrogen-bond acceptors (Lipinski definition) is 4. The summed E-state index contributed by atoms with van der Waals surface area (Å²) in [6, 6.07) is 8.74. The molecule has 2 N–H and O–H groups in total. The van der Waals surface area contributed by atoms with E-state index >= 15 is 0 Å². The maximum atomic E-state index is 13.6. The summed E-state index contributed by atoms with van der Waals surface area (Å²) in [4.78, 5) is 23.0. The third-order valence-electron chi connectivity index (χ3n) is 3.12. The van der Waals surface area contributed by atoms with Crippen LogP contribution in [-0.2, 0) is 11.2 Å². The Balaban J connectivity index is 0.00000242. The van der Waals surface area contributed by atoms with Crippen molar-refractivity contribution >= 4 is 17.4 Å². The topological polar surface area (TPSA) is 83.2 Å². The molecule has 0 radical (unpaired) electrons. The van der Waals surface area contributed by atoms with E-state index in [-0.39, 0.29) is 46.4 Å². The van der Waals surface area contributed by atoms with Crippen LogP contribution in [0.4, 0.5) is 10.1 Å². The molecular formula is C16H13FNNaO3. The van der Waals surface area contributed by atoms with E-state index < -0.39 is 24.0 Å². The summed E-state index contributed by atoms with van der Waals surface area (Å²) in [6.07, 6.45) is -0.544. The molecule has 0 unspecified atom stereocenters. The fraction of sp³-hybridized carbons (Fsp3) is 0.125. The van der Waals surface area contributed by atoms with Gasteiger partial charge < -0.3 is 15.6 Å². The molecule has 0 spiro atoms. The zero-order chi connectivity index (χ0) is 15.6. The van der Waals surface area contributed by atoms with Gasteiger partial charge in [-0.3, -0.25) is 4.79 Å². The molecule has 4 nitrogen and oxygen atoms in total. The molecular weight excluding hydrogens is 296 g/mol. The molecule has 0 amide bonds. The second kappa shape index (κ2) is 7.54. The first-order chi connectivity index (χ1) is 9.88. The van der Waals surface area contributed by atoms with Gasteiger partial charge in [0.15, 0.2) is 5.78 Å². The summed E-state index contributed by atoms with van der Waals surface area (Å²) >= 11 is 0. The smallest absolute Gasteiger partial charge is 0.550 e. The molecule has 0 saturated heterocycles. The maximum absolute atomic E-state index is 13.6. The fourth-order valence-corrected chi connectivity index (χ4v) is 2.02. The number of hydrogen-bond donors (Lipinski definition) is 1. The quantitative estimate of drug-likeness (QED) is 0.412. The van der Waals surface area contributed by atoms with Crippen LogP contribution in [0.5, 0.6) is 0 Å². The van der Waals surface area contributed by atoms with Crippen molar-refractivity contribution in [2.45, 2.75) is 13.3 Å². The molecule has 6 heteroatoms. The predicted octanol–water partition coefficient (Wildman–Crippen LogP) is -1.76. The van der Waals surface area contributed by atoms with Gasteiger partial charge in [0.05, 0.1) is 0 Å². The third kappa shape index (κ3) is 4.16. The number of aliphatic carboxylic acids is 1. The molecule has 0 aliphatic heterocycles. The number of halogens is 1. The largest absolute Gasteiger partial charge is 1.00 e. The van der Waals surface area contributed by atoms with Gasteiger partial charge in [-0.1, -0.05) is 29.8 Å². The summed E-state index contributed by atoms with van der Waals surface area (Å²) in [5.41, 5.74) is 7.08. The van der Waals surface area contributed by atoms with E-state index in [2.05, 4.69) is 0 Å². The Morgan fingerprint density at radius 3 is 2.32 bits per heavy atom. The Hall–Kier alpha value is -1.69. The molecule has 0 aromatic heterocycles. The average Bonchev–Trinajstić information content (AvgIpc) is 2.42. The first-order valence-corrected chi connectivity index (χ1v) is 6.27. The number of ketones is 1. The molecule has 2 rings (SSSR count). The van der Waals surface area contributed by atoms with E-state index in [9.17, 15) is 19.1 Å². The maximum Gasteiger partial charge on any atom is 1.00 e. The Bertz CT molecular complexity index is 714. The first-order valence-electron chi connectivity index (χ1n) is 6.27. The number of rotatable bonds is 4. The van der Waals surface area contributed by atoms with Gasteiger partial charge in [0.1, 0.15) is 5.82 Å². The number of carbonyl (C=O) groups is 2. The van der Waals surface area contributed by atoms with Crippen LogP contribution in [0.1, 0.15) is 27.0 Å². The van der Waals surface area contributed by atoms with E-state index in [1.165, 1.54) is 0 Å². The molecule has 0 fully saturated rings. The van der Waals surface area contributed by atoms with E-state index in [4.69, 9.17) is 5.73 Å². The minimum Gasteiger partial charge on any atom is -0.550 e. The van der Waals surface area contributed by atoms with Crippen molar-refractivity contribution in [1.29, 1.82) is 0 Å². The Morgan fingerprint density at radius 1 is 1.18 bits per heavy atom. The van der Waals surface area contributed by atoms with Crippen LogP contribution in [-0.4, -0.2) is 11.8 Å². The number of benzene rings is 2. The minimum atomic E-state index is -1.39. The van der Waals surface area contributed by atoms with Crippen molar-refractivity contribution in [3.8, 4) is 0 Å². The van der Waals surface area contributed by atoms with E-state index in [0.29, 0.717) is 5.56 Å². The van der Waals surface area contributed by atoms with Gasteiger partial charge in [0.25, 0.3) is 0 Å². The van der Waals surface area contributed by atoms with Crippen LogP contribution < -0.4 is 40.4 Å². The molecule has 108 valence electrons. The summed E-state index contributed by atoms with van der Waals surface area (Å²) in [6.45, 7) is 1.88. The molecule has 2 aromatic carbocycles. The molecule has 0 saturated carbocycles. The van der Waals surface area contributed by atoms with Gasteiger partial charge in [0, 0.05) is 29.2 Å². The third-order valence-corrected chi connectivity index (χ3v) is 3.12. The molecule has 0 aliphatic rings. The standard InChI is InChI=1S/C16H14FNO3.Na/c1-9-2-4-10(5-3-9)16(21)13-8-12(17)6-11(15(13)18)7-14(19)20;/h2-6,8H,7,18H2,1H3,(H,19,20);/q;+1/p-1. The second-order valence-electron chi connectivity index (χ2n) is 4.77. The number of aryl methyl sites for hydroxylation is 1. The van der Waals surface area contributed by atoms with Gasteiger partial charge >= 0.3 is 29.6 Å². The van der Waals surface area contributed by atoms with Crippen molar-refractivity contribution in [3.63, 3.8) is 0 Å². The summed E-state index contributed by atoms with van der Waals surface area (Å²) < 4.78 is 13.6. The van der Waals surface area contributed by atoms with Gasteiger partial charge in [-0.05, 0) is 24.6 Å². The normalized spacial score (nSPS) is 9.91. The van der Waals surface area contributed by atoms with Crippen molar-refractivity contribution in [2.24, 2.45) is 0 Å². The number of carbonyl (C=O) groups excluding carboxylic acids is 2. The van der Waals surface area contributed by atoms with Crippen molar-refractivity contribution in [3.05, 3.63) is 64.5 Å². The van der Waals surface area contributed by atoms with E-state index in [1.54, 1.807) is 24.3 Å². The van der Waals surface area contributed by atoms with Crippen LogP contribution in [0.2, 0.25) is 0 Å². The number of nitrogen functional groups attached to an aromatic ring is 1. The Kier molecular flexibility index (Phi) is 6.29. The van der Waals surface area contributed by atoms with E-state index in [1.807, 2.05) is 6.92 Å². The second-order valence-corrected chi connectivity index (χ2v) is 4.77. The molecule has 0 atom stereocenters. The average molecular weight is 309 g/mol. The zero-order valence-corrected chi connectivity index (χ0v) is 14.4. The number of anilines is 1. The first kappa shape index (κ1) is 18.4. The Labute approximate surface area is 149 Å². The van der Waals surface area contributed by atoms with Crippen LogP contribution in [0, 0.1) is 12.7 Å². The van der Waals surface area contributed by atoms with Crippen LogP contribution in [0.15, 0.2) is 36.4 Å². The van der Waals surface area contributed by atoms with Gasteiger partial charge in [-0.2, -0.15) is 0 Å². The molecule has 0 aliphatic carbocycles. The van der Waals surface area contributed by atoms with Crippen molar-refractivity contribution < 1.29 is 48.6 Å². The SMILES string of the molecule is Cc1ccc(C(=O)c2cc(F)cc(CC(=O)[O-])c2N)cc1.[Na+]. The van der Waals surface area contributed by atoms with Crippen LogP contribution >= 0.6 is 0 Å². The van der Waals surface area contributed by atoms with Crippen molar-refractivity contribution in [2.75, 3.05) is 5.73 Å². The monoisotopic (exact) mass is 309 g/mol. The molecule has 22 heavy (non-hydrogen) atoms. The fourth-order valence-electron chi connectivity index (χ4n) is 2.02. The van der Waals surface area contributed by atoms with Crippen LogP contribution in [0.25, 0.3) is 0 Å². The molecule has 0 heterocycles. The van der Waals surface area contributed by atoms with E-state index in [0.717, 1.165) is 17.7 Å². The summed E-state index contributed by atoms with van der Waals surface area (Å²) in [5.74, 6) is -2.55. The molecule has 2 aromatic rings. The number of carboxylic acid groups (broad SMARTS) is 1. The Morgan fingerprint density at radius 2 is 1.77 bits per heavy atom. The summed E-state index contributed by atoms with van der Waals surface area (Å²) in [5, 5.41) is 10.6. The molecule has 0 bridgehead atoms. The number of carboxylic acids is 1. The number of nitrogens with two attached hydrogens (primary N) is 1. The van der Waals surface area contributed by atoms with Crippen LogP contribution in [0.3, 0.4) is 0 Å². The minimum absolute atomic E-state index is 0. The summed E-state index contributed by atoms with van der Waals surface area (Å²) in [7, 11) is 0. The van der Waals surface area contributed by atoms with Crippen molar-refractivity contribution in [1.82, 2.24) is 0 Å².